The third-order valence-electron chi connectivity index (χ3n) is 4.70. The monoisotopic (exact) mass is 406 g/mol. The van der Waals surface area contributed by atoms with Crippen LogP contribution in [0.5, 0.6) is 5.75 Å². The molecule has 0 spiro atoms. The van der Waals surface area contributed by atoms with Crippen LogP contribution in [-0.4, -0.2) is 40.1 Å². The van der Waals surface area contributed by atoms with Crippen molar-refractivity contribution < 1.29 is 27.8 Å². The first kappa shape index (κ1) is 19.2. The van der Waals surface area contributed by atoms with Crippen LogP contribution in [0.1, 0.15) is 17.6 Å². The summed E-state index contributed by atoms with van der Waals surface area (Å²) < 4.78 is 46.0. The van der Waals surface area contributed by atoms with E-state index in [-0.39, 0.29) is 23.9 Å². The number of aliphatic hydroxyl groups is 1. The molecule has 4 rings (SSSR count). The second-order valence-corrected chi connectivity index (χ2v) is 6.60. The predicted octanol–water partition coefficient (Wildman–Crippen LogP) is 2.36. The zero-order chi connectivity index (χ0) is 20.8. The Morgan fingerprint density at radius 1 is 1.24 bits per heavy atom. The van der Waals surface area contributed by atoms with E-state index in [1.807, 2.05) is 0 Å². The maximum absolute atomic E-state index is 13.2. The number of hydrogen-bond donors (Lipinski definition) is 2. The molecule has 2 aromatic heterocycles. The molecule has 2 N–H and O–H groups in total. The van der Waals surface area contributed by atoms with Crippen LogP contribution >= 0.6 is 0 Å². The molecule has 1 unspecified atom stereocenters. The molecule has 0 radical (unpaired) electrons. The Hall–Kier alpha value is -3.11. The molecule has 1 aliphatic heterocycles. The number of fused-ring (bicyclic) bond motifs is 2. The Labute approximate surface area is 163 Å². The number of nitrogens with one attached hydrogen (secondary N) is 1. The summed E-state index contributed by atoms with van der Waals surface area (Å²) in [6, 6.07) is 9.63. The van der Waals surface area contributed by atoms with Gasteiger partial charge in [-0.1, -0.05) is 18.2 Å². The zero-order valence-electron chi connectivity index (χ0n) is 15.2. The first-order valence-corrected chi connectivity index (χ1v) is 8.74. The number of aliphatic hydroxyl groups excluding tert-OH is 1. The van der Waals surface area contributed by atoms with Crippen LogP contribution in [0.2, 0.25) is 0 Å². The minimum Gasteiger partial charge on any atom is -0.489 e. The fraction of sp³-hybridized carbons (Fsp3) is 0.263. The molecule has 0 aliphatic carbocycles. The molecule has 29 heavy (non-hydrogen) atoms. The molecule has 10 heteroatoms. The predicted molar refractivity (Wildman–Crippen MR) is 97.4 cm³/mol. The molecule has 1 aliphatic rings. The molecule has 0 saturated heterocycles. The fourth-order valence-corrected chi connectivity index (χ4v) is 3.24. The van der Waals surface area contributed by atoms with Gasteiger partial charge in [-0.25, -0.2) is 4.98 Å². The van der Waals surface area contributed by atoms with Crippen LogP contribution in [0.4, 0.5) is 18.9 Å². The van der Waals surface area contributed by atoms with Gasteiger partial charge in [-0.15, -0.1) is 0 Å². The standard InChI is InChI=1S/C19H17F3N4O3/c1-25-13-5-2-3-6-14(13)29-10-12(18(25)28)24-17(27)11-9-26-15(19(20,21)22)7-4-8-16(26)23-11/h2-9,12,17,24,27H,10H2,1H3/t12-,17?/m0/s1. The van der Waals surface area contributed by atoms with Gasteiger partial charge < -0.3 is 14.7 Å². The molecule has 1 amide bonds. The van der Waals surface area contributed by atoms with Gasteiger partial charge >= 0.3 is 6.18 Å². The van der Waals surface area contributed by atoms with Crippen molar-refractivity contribution in [2.45, 2.75) is 18.4 Å². The topological polar surface area (TPSA) is 79.1 Å². The van der Waals surface area contributed by atoms with Crippen molar-refractivity contribution >= 4 is 17.2 Å². The van der Waals surface area contributed by atoms with Gasteiger partial charge in [0.1, 0.15) is 41.7 Å². The Kier molecular flexibility index (Phi) is 4.67. The molecular weight excluding hydrogens is 389 g/mol. The number of likely N-dealkylation sites (N-methyl/N-ethyl adjacent to an activating group) is 1. The van der Waals surface area contributed by atoms with Gasteiger partial charge in [-0.3, -0.25) is 14.5 Å². The number of carbonyl (C=O) groups is 1. The number of ether oxygens (including phenoxy) is 1. The van der Waals surface area contributed by atoms with Crippen molar-refractivity contribution in [1.82, 2.24) is 14.7 Å². The molecule has 3 heterocycles. The average molecular weight is 406 g/mol. The molecular formula is C19H17F3N4O3. The molecule has 152 valence electrons. The third-order valence-corrected chi connectivity index (χ3v) is 4.70. The second kappa shape index (κ2) is 7.05. The summed E-state index contributed by atoms with van der Waals surface area (Å²) in [6.45, 7) is -0.0571. The maximum atomic E-state index is 13.2. The number of aromatic nitrogens is 2. The maximum Gasteiger partial charge on any atom is 0.431 e. The number of rotatable bonds is 3. The molecule has 0 bridgehead atoms. The fourth-order valence-electron chi connectivity index (χ4n) is 3.24. The normalized spacial score (nSPS) is 18.3. The lowest BCUT2D eigenvalue weighted by atomic mass is 10.2. The first-order chi connectivity index (χ1) is 13.8. The number of carbonyl (C=O) groups excluding carboxylic acids is 1. The molecule has 0 saturated carbocycles. The highest BCUT2D eigenvalue weighted by atomic mass is 19.4. The molecule has 0 fully saturated rings. The number of benzene rings is 1. The van der Waals surface area contributed by atoms with Gasteiger partial charge in [0.15, 0.2) is 0 Å². The lowest BCUT2D eigenvalue weighted by Crippen LogP contribution is -2.48. The van der Waals surface area contributed by atoms with Gasteiger partial charge in [0.25, 0.3) is 0 Å². The van der Waals surface area contributed by atoms with E-state index in [4.69, 9.17) is 4.74 Å². The lowest BCUT2D eigenvalue weighted by Gasteiger charge is -2.22. The Bertz CT molecular complexity index is 1070. The minimum atomic E-state index is -4.57. The first-order valence-electron chi connectivity index (χ1n) is 8.74. The zero-order valence-corrected chi connectivity index (χ0v) is 15.2. The number of amides is 1. The van der Waals surface area contributed by atoms with Crippen LogP contribution in [0.3, 0.4) is 0 Å². The number of alkyl halides is 3. The quantitative estimate of drug-likeness (QED) is 0.653. The summed E-state index contributed by atoms with van der Waals surface area (Å²) >= 11 is 0. The third kappa shape index (κ3) is 3.52. The number of nitrogens with zero attached hydrogens (tertiary/aromatic N) is 3. The van der Waals surface area contributed by atoms with Crippen LogP contribution < -0.4 is 15.0 Å². The van der Waals surface area contributed by atoms with E-state index in [1.165, 1.54) is 17.0 Å². The number of pyridine rings is 1. The summed E-state index contributed by atoms with van der Waals surface area (Å²) in [5.74, 6) is 0.165. The Balaban J connectivity index is 1.58. The van der Waals surface area contributed by atoms with E-state index in [0.717, 1.165) is 16.7 Å². The second-order valence-electron chi connectivity index (χ2n) is 6.60. The summed E-state index contributed by atoms with van der Waals surface area (Å²) in [5, 5.41) is 13.2. The summed E-state index contributed by atoms with van der Waals surface area (Å²) in [4.78, 5) is 18.2. The van der Waals surface area contributed by atoms with E-state index in [1.54, 1.807) is 31.3 Å². The summed E-state index contributed by atoms with van der Waals surface area (Å²) in [6.07, 6.45) is -4.95. The highest BCUT2D eigenvalue weighted by Gasteiger charge is 2.34. The highest BCUT2D eigenvalue weighted by molar-refractivity contribution is 5.98. The van der Waals surface area contributed by atoms with E-state index in [0.29, 0.717) is 11.4 Å². The smallest absolute Gasteiger partial charge is 0.431 e. The number of halogens is 3. The van der Waals surface area contributed by atoms with Crippen LogP contribution in [-0.2, 0) is 11.0 Å². The van der Waals surface area contributed by atoms with Crippen LogP contribution in [0.15, 0.2) is 48.7 Å². The van der Waals surface area contributed by atoms with Crippen molar-refractivity contribution in [3.8, 4) is 5.75 Å². The van der Waals surface area contributed by atoms with Gasteiger partial charge in [0.05, 0.1) is 5.69 Å². The molecule has 3 aromatic rings. The van der Waals surface area contributed by atoms with Crippen molar-refractivity contribution in [3.05, 3.63) is 60.0 Å². The van der Waals surface area contributed by atoms with Crippen LogP contribution in [0, 0.1) is 0 Å². The average Bonchev–Trinajstić information content (AvgIpc) is 3.09. The lowest BCUT2D eigenvalue weighted by molar-refractivity contribution is -0.142. The Morgan fingerprint density at radius 3 is 2.76 bits per heavy atom. The summed E-state index contributed by atoms with van der Waals surface area (Å²) in [5.41, 5.74) is -0.341. The molecule has 7 nitrogen and oxygen atoms in total. The van der Waals surface area contributed by atoms with E-state index in [9.17, 15) is 23.1 Å². The van der Waals surface area contributed by atoms with E-state index < -0.39 is 24.1 Å². The number of anilines is 1. The number of imidazole rings is 1. The SMILES string of the molecule is CN1C(=O)[C@@H](NC(O)c2cn3c(C(F)(F)F)cccc3n2)COc2ccccc21. The largest absolute Gasteiger partial charge is 0.489 e. The summed E-state index contributed by atoms with van der Waals surface area (Å²) in [7, 11) is 1.58. The van der Waals surface area contributed by atoms with Gasteiger partial charge in [0.2, 0.25) is 5.91 Å². The van der Waals surface area contributed by atoms with E-state index >= 15 is 0 Å². The molecule has 2 atom stereocenters. The number of hydrogen-bond acceptors (Lipinski definition) is 5. The number of para-hydroxylation sites is 2. The van der Waals surface area contributed by atoms with Crippen molar-refractivity contribution in [3.63, 3.8) is 0 Å². The van der Waals surface area contributed by atoms with Gasteiger partial charge in [0, 0.05) is 13.2 Å². The molecule has 1 aromatic carbocycles. The van der Waals surface area contributed by atoms with Gasteiger partial charge in [-0.05, 0) is 24.3 Å². The van der Waals surface area contributed by atoms with Gasteiger partial charge in [-0.2, -0.15) is 13.2 Å². The minimum absolute atomic E-state index is 0.0311. The van der Waals surface area contributed by atoms with Crippen LogP contribution in [0.25, 0.3) is 5.65 Å². The van der Waals surface area contributed by atoms with Crippen molar-refractivity contribution in [2.24, 2.45) is 0 Å². The van der Waals surface area contributed by atoms with E-state index in [2.05, 4.69) is 10.3 Å². The van der Waals surface area contributed by atoms with Crippen molar-refractivity contribution in [2.75, 3.05) is 18.6 Å². The van der Waals surface area contributed by atoms with Crippen molar-refractivity contribution in [1.29, 1.82) is 0 Å². The highest BCUT2D eigenvalue weighted by Crippen LogP contribution is 2.31. The Morgan fingerprint density at radius 2 is 2.00 bits per heavy atom.